The van der Waals surface area contributed by atoms with Crippen LogP contribution in [0.4, 0.5) is 13.2 Å². The van der Waals surface area contributed by atoms with E-state index >= 15 is 0 Å². The van der Waals surface area contributed by atoms with Crippen LogP contribution in [0.3, 0.4) is 0 Å². The van der Waals surface area contributed by atoms with Gasteiger partial charge in [-0.25, -0.2) is 0 Å². The van der Waals surface area contributed by atoms with Crippen LogP contribution in [0.1, 0.15) is 11.1 Å². The van der Waals surface area contributed by atoms with Crippen molar-refractivity contribution >= 4 is 0 Å². The Kier molecular flexibility index (Phi) is 3.61. The molecule has 0 saturated heterocycles. The molecule has 5 heteroatoms. The smallest absolute Gasteiger partial charge is 0.507 e. The quantitative estimate of drug-likeness (QED) is 0.874. The minimum atomic E-state index is -4.69. The molecule has 0 saturated carbocycles. The molecule has 0 heterocycles. The van der Waals surface area contributed by atoms with Crippen molar-refractivity contribution in [2.45, 2.75) is 20.2 Å². The average Bonchev–Trinajstić information content (AvgIpc) is 2.34. The number of alkyl halides is 3. The molecule has 0 aliphatic rings. The maximum Gasteiger partial charge on any atom is 0.573 e. The third-order valence-electron chi connectivity index (χ3n) is 2.91. The Balaban J connectivity index is 2.31. The number of halogens is 3. The van der Waals surface area contributed by atoms with Gasteiger partial charge in [0.1, 0.15) is 11.5 Å². The molecule has 2 rings (SSSR count). The van der Waals surface area contributed by atoms with Crippen LogP contribution in [-0.4, -0.2) is 11.5 Å². The fourth-order valence-electron chi connectivity index (χ4n) is 1.97. The number of hydrogen-bond acceptors (Lipinski definition) is 2. The zero-order chi connectivity index (χ0) is 14.9. The minimum Gasteiger partial charge on any atom is -0.507 e. The maximum absolute atomic E-state index is 12.1. The number of phenolic OH excluding ortho intramolecular Hbond substituents is 1. The van der Waals surface area contributed by atoms with Crippen molar-refractivity contribution in [1.82, 2.24) is 0 Å². The van der Waals surface area contributed by atoms with E-state index in [0.717, 1.165) is 22.3 Å². The molecule has 0 fully saturated rings. The zero-order valence-electron chi connectivity index (χ0n) is 11.0. The number of aryl methyl sites for hydroxylation is 2. The summed E-state index contributed by atoms with van der Waals surface area (Å²) in [6.45, 7) is 3.54. The highest BCUT2D eigenvalue weighted by molar-refractivity contribution is 5.67. The number of hydrogen-bond donors (Lipinski definition) is 1. The molecule has 0 atom stereocenters. The van der Waals surface area contributed by atoms with E-state index in [9.17, 15) is 18.3 Å². The molecule has 0 bridgehead atoms. The molecule has 0 unspecified atom stereocenters. The lowest BCUT2D eigenvalue weighted by atomic mass is 10.00. The summed E-state index contributed by atoms with van der Waals surface area (Å²) in [7, 11) is 0. The van der Waals surface area contributed by atoms with Crippen molar-refractivity contribution < 1.29 is 23.0 Å². The maximum atomic E-state index is 12.1. The monoisotopic (exact) mass is 282 g/mol. The third-order valence-corrected chi connectivity index (χ3v) is 2.91. The standard InChI is InChI=1S/C15H13F3O2/c1-9-7-12(8-10(2)14(9)19)11-3-5-13(6-4-11)20-15(16,17)18/h3-8,19H,1-2H3. The van der Waals surface area contributed by atoms with Gasteiger partial charge < -0.3 is 9.84 Å². The second-order valence-corrected chi connectivity index (χ2v) is 4.53. The van der Waals surface area contributed by atoms with Gasteiger partial charge in [-0.2, -0.15) is 0 Å². The molecule has 0 radical (unpaired) electrons. The van der Waals surface area contributed by atoms with Crippen LogP contribution in [0.15, 0.2) is 36.4 Å². The SMILES string of the molecule is Cc1cc(-c2ccc(OC(F)(F)F)cc2)cc(C)c1O. The summed E-state index contributed by atoms with van der Waals surface area (Å²) in [4.78, 5) is 0. The highest BCUT2D eigenvalue weighted by Crippen LogP contribution is 2.31. The normalized spacial score (nSPS) is 11.4. The number of benzene rings is 2. The van der Waals surface area contributed by atoms with E-state index in [1.54, 1.807) is 38.1 Å². The van der Waals surface area contributed by atoms with Gasteiger partial charge in [-0.1, -0.05) is 12.1 Å². The molecule has 1 N–H and O–H groups in total. The molecule has 2 nitrogen and oxygen atoms in total. The fourth-order valence-corrected chi connectivity index (χ4v) is 1.97. The fraction of sp³-hybridized carbons (Fsp3) is 0.200. The van der Waals surface area contributed by atoms with Crippen LogP contribution in [0.5, 0.6) is 11.5 Å². The van der Waals surface area contributed by atoms with Gasteiger partial charge in [-0.15, -0.1) is 13.2 Å². The first-order valence-electron chi connectivity index (χ1n) is 5.92. The Morgan fingerprint density at radius 1 is 0.900 bits per heavy atom. The Morgan fingerprint density at radius 2 is 1.40 bits per heavy atom. The zero-order valence-corrected chi connectivity index (χ0v) is 11.0. The second-order valence-electron chi connectivity index (χ2n) is 4.53. The number of aromatic hydroxyl groups is 1. The van der Waals surface area contributed by atoms with E-state index in [4.69, 9.17) is 0 Å². The van der Waals surface area contributed by atoms with Crippen molar-refractivity contribution in [2.24, 2.45) is 0 Å². The first-order chi connectivity index (χ1) is 9.26. The number of rotatable bonds is 2. The Labute approximate surface area is 114 Å². The largest absolute Gasteiger partial charge is 0.573 e. The predicted molar refractivity (Wildman–Crippen MR) is 69.7 cm³/mol. The topological polar surface area (TPSA) is 29.5 Å². The Bertz CT molecular complexity index is 593. The van der Waals surface area contributed by atoms with E-state index in [0.29, 0.717) is 0 Å². The van der Waals surface area contributed by atoms with E-state index < -0.39 is 6.36 Å². The average molecular weight is 282 g/mol. The summed E-state index contributed by atoms with van der Waals surface area (Å²) in [6.07, 6.45) is -4.69. The van der Waals surface area contributed by atoms with Crippen molar-refractivity contribution in [3.05, 3.63) is 47.5 Å². The van der Waals surface area contributed by atoms with Crippen LogP contribution in [-0.2, 0) is 0 Å². The molecule has 2 aromatic rings. The molecule has 0 aliphatic heterocycles. The molecular weight excluding hydrogens is 269 g/mol. The van der Waals surface area contributed by atoms with Crippen molar-refractivity contribution in [2.75, 3.05) is 0 Å². The molecule has 106 valence electrons. The molecule has 0 spiro atoms. The summed E-state index contributed by atoms with van der Waals surface area (Å²) < 4.78 is 40.0. The van der Waals surface area contributed by atoms with Crippen LogP contribution in [0.25, 0.3) is 11.1 Å². The molecular formula is C15H13F3O2. The highest BCUT2D eigenvalue weighted by Gasteiger charge is 2.30. The van der Waals surface area contributed by atoms with Gasteiger partial charge in [0.25, 0.3) is 0 Å². The van der Waals surface area contributed by atoms with Gasteiger partial charge in [0.05, 0.1) is 0 Å². The van der Waals surface area contributed by atoms with E-state index in [-0.39, 0.29) is 11.5 Å². The predicted octanol–water partition coefficient (Wildman–Crippen LogP) is 4.57. The van der Waals surface area contributed by atoms with E-state index in [2.05, 4.69) is 4.74 Å². The molecule has 20 heavy (non-hydrogen) atoms. The lowest BCUT2D eigenvalue weighted by Crippen LogP contribution is -2.16. The molecule has 0 amide bonds. The van der Waals surface area contributed by atoms with Crippen LogP contribution >= 0.6 is 0 Å². The third kappa shape index (κ3) is 3.23. The summed E-state index contributed by atoms with van der Waals surface area (Å²) in [5.74, 6) is -0.0285. The summed E-state index contributed by atoms with van der Waals surface area (Å²) >= 11 is 0. The summed E-state index contributed by atoms with van der Waals surface area (Å²) in [6, 6.07) is 9.18. The molecule has 2 aromatic carbocycles. The number of ether oxygens (including phenoxy) is 1. The van der Waals surface area contributed by atoms with Gasteiger partial charge in [-0.3, -0.25) is 0 Å². The molecule has 0 aliphatic carbocycles. The number of phenols is 1. The van der Waals surface area contributed by atoms with Crippen molar-refractivity contribution in [1.29, 1.82) is 0 Å². The van der Waals surface area contributed by atoms with Crippen molar-refractivity contribution in [3.8, 4) is 22.6 Å². The van der Waals surface area contributed by atoms with Crippen LogP contribution in [0.2, 0.25) is 0 Å². The van der Waals surface area contributed by atoms with Crippen LogP contribution < -0.4 is 4.74 Å². The lowest BCUT2D eigenvalue weighted by Gasteiger charge is -2.11. The second kappa shape index (κ2) is 5.07. The van der Waals surface area contributed by atoms with Gasteiger partial charge in [0.2, 0.25) is 0 Å². The first-order valence-corrected chi connectivity index (χ1v) is 5.92. The van der Waals surface area contributed by atoms with E-state index in [1.165, 1.54) is 12.1 Å². The van der Waals surface area contributed by atoms with Crippen LogP contribution in [0, 0.1) is 13.8 Å². The Hall–Kier alpha value is -2.17. The highest BCUT2D eigenvalue weighted by atomic mass is 19.4. The van der Waals surface area contributed by atoms with Gasteiger partial charge >= 0.3 is 6.36 Å². The van der Waals surface area contributed by atoms with Gasteiger partial charge in [-0.05, 0) is 60.4 Å². The van der Waals surface area contributed by atoms with Gasteiger partial charge in [0, 0.05) is 0 Å². The minimum absolute atomic E-state index is 0.228. The lowest BCUT2D eigenvalue weighted by molar-refractivity contribution is -0.274. The Morgan fingerprint density at radius 3 is 1.85 bits per heavy atom. The molecule has 0 aromatic heterocycles. The summed E-state index contributed by atoms with van der Waals surface area (Å²) in [5.41, 5.74) is 3.02. The summed E-state index contributed by atoms with van der Waals surface area (Å²) in [5, 5.41) is 9.70. The first kappa shape index (κ1) is 14.2. The van der Waals surface area contributed by atoms with Gasteiger partial charge in [0.15, 0.2) is 0 Å². The van der Waals surface area contributed by atoms with E-state index in [1.807, 2.05) is 0 Å². The van der Waals surface area contributed by atoms with Crippen molar-refractivity contribution in [3.63, 3.8) is 0 Å².